The average Bonchev–Trinajstić information content (AvgIpc) is 2.67. The largest absolute Gasteiger partial charge is 0.408 e. The van der Waals surface area contributed by atoms with E-state index >= 15 is 0 Å². The number of amides is 1. The number of carbonyl (C=O) groups is 2. The van der Waals surface area contributed by atoms with Crippen LogP contribution in [-0.4, -0.2) is 62.5 Å². The first-order chi connectivity index (χ1) is 13.0. The molecule has 8 nitrogen and oxygen atoms in total. The van der Waals surface area contributed by atoms with Gasteiger partial charge in [-0.25, -0.2) is 9.79 Å². The van der Waals surface area contributed by atoms with Crippen molar-refractivity contribution in [3.05, 3.63) is 24.3 Å². The molecule has 1 aliphatic rings. The van der Waals surface area contributed by atoms with Gasteiger partial charge < -0.3 is 14.4 Å². The minimum Gasteiger partial charge on any atom is -0.408 e. The van der Waals surface area contributed by atoms with Gasteiger partial charge in [0.2, 0.25) is 5.90 Å². The molecule has 0 bridgehead atoms. The minimum absolute atomic E-state index is 0.0742. The molecule has 1 atom stereocenters. The highest BCUT2D eigenvalue weighted by molar-refractivity contribution is 5.96. The van der Waals surface area contributed by atoms with Crippen LogP contribution >= 0.6 is 0 Å². The molecule has 0 spiro atoms. The lowest BCUT2D eigenvalue weighted by molar-refractivity contribution is -0.136. The molecule has 27 heavy (non-hydrogen) atoms. The maximum Gasteiger partial charge on any atom is 0.337 e. The predicted octanol–water partition coefficient (Wildman–Crippen LogP) is 2.19. The molecule has 1 amide bonds. The van der Waals surface area contributed by atoms with E-state index in [1.165, 1.54) is 0 Å². The summed E-state index contributed by atoms with van der Waals surface area (Å²) in [5.74, 6) is -0.380. The quantitative estimate of drug-likeness (QED) is 0.435. The molecule has 1 aromatic carbocycles. The van der Waals surface area contributed by atoms with Gasteiger partial charge in [-0.2, -0.15) is 0 Å². The number of carbonyl (C=O) groups excluding carboxylic acids is 2. The highest BCUT2D eigenvalue weighted by Crippen LogP contribution is 2.21. The fourth-order valence-electron chi connectivity index (χ4n) is 2.39. The van der Waals surface area contributed by atoms with Gasteiger partial charge in [-0.05, 0) is 57.5 Å². The number of benzene rings is 1. The summed E-state index contributed by atoms with van der Waals surface area (Å²) in [4.78, 5) is 38.1. The van der Waals surface area contributed by atoms with Crippen LogP contribution in [0, 0.1) is 0 Å². The molecule has 0 radical (unpaired) electrons. The maximum absolute atomic E-state index is 12.1. The molecule has 0 aromatic heterocycles. The Hall–Kier alpha value is -2.87. The molecular weight excluding hydrogens is 348 g/mol. The van der Waals surface area contributed by atoms with E-state index in [-0.39, 0.29) is 25.0 Å². The van der Waals surface area contributed by atoms with Gasteiger partial charge in [0, 0.05) is 12.2 Å². The van der Waals surface area contributed by atoms with Crippen LogP contribution in [0.25, 0.3) is 0 Å². The standard InChI is InChI=1S/C19H24N4O4/c1-4-20-12-17(27-19(25)14(3)21-5-2)22-15-6-8-16(9-7-15)23-10-11-26-13-18(23)24/h4-9,14H,10-13H2,1-3H3. The van der Waals surface area contributed by atoms with E-state index in [9.17, 15) is 9.59 Å². The number of aliphatic imine (C=N–C) groups is 3. The van der Waals surface area contributed by atoms with E-state index in [0.717, 1.165) is 5.69 Å². The summed E-state index contributed by atoms with van der Waals surface area (Å²) in [6, 6.07) is 6.51. The molecule has 0 aliphatic carbocycles. The second kappa shape index (κ2) is 10.3. The topological polar surface area (TPSA) is 92.9 Å². The zero-order chi connectivity index (χ0) is 19.6. The van der Waals surface area contributed by atoms with Crippen LogP contribution in [0.4, 0.5) is 11.4 Å². The number of rotatable bonds is 6. The zero-order valence-electron chi connectivity index (χ0n) is 15.8. The minimum atomic E-state index is -0.611. The fraction of sp³-hybridized carbons (Fsp3) is 0.421. The summed E-state index contributed by atoms with van der Waals surface area (Å²) in [6.45, 7) is 6.43. The number of esters is 1. The first kappa shape index (κ1) is 20.4. The Morgan fingerprint density at radius 1 is 1.30 bits per heavy atom. The van der Waals surface area contributed by atoms with Crippen LogP contribution in [-0.2, 0) is 19.1 Å². The van der Waals surface area contributed by atoms with Gasteiger partial charge in [0.05, 0.1) is 12.3 Å². The third kappa shape index (κ3) is 6.10. The molecule has 144 valence electrons. The first-order valence-corrected chi connectivity index (χ1v) is 8.74. The van der Waals surface area contributed by atoms with Gasteiger partial charge in [0.1, 0.15) is 19.2 Å². The van der Waals surface area contributed by atoms with Gasteiger partial charge in [0.25, 0.3) is 5.91 Å². The van der Waals surface area contributed by atoms with Crippen molar-refractivity contribution in [2.24, 2.45) is 15.0 Å². The normalized spacial score (nSPS) is 16.9. The van der Waals surface area contributed by atoms with Crippen molar-refractivity contribution in [2.75, 3.05) is 31.2 Å². The monoisotopic (exact) mass is 372 g/mol. The molecule has 0 saturated carbocycles. The molecule has 0 N–H and O–H groups in total. The fourth-order valence-corrected chi connectivity index (χ4v) is 2.39. The Labute approximate surface area is 158 Å². The number of anilines is 1. The van der Waals surface area contributed by atoms with Crippen LogP contribution in [0.1, 0.15) is 20.8 Å². The molecule has 1 saturated heterocycles. The SMILES string of the molecule is CC=NCC(=Nc1ccc(N2CCOCC2=O)cc1)OC(=O)C(C)N=CC. The van der Waals surface area contributed by atoms with Gasteiger partial charge in [-0.15, -0.1) is 0 Å². The van der Waals surface area contributed by atoms with Crippen molar-refractivity contribution in [3.8, 4) is 0 Å². The second-order valence-electron chi connectivity index (χ2n) is 5.72. The Morgan fingerprint density at radius 3 is 2.67 bits per heavy atom. The van der Waals surface area contributed by atoms with Crippen molar-refractivity contribution >= 4 is 41.6 Å². The average molecular weight is 372 g/mol. The van der Waals surface area contributed by atoms with E-state index in [1.807, 2.05) is 0 Å². The summed E-state index contributed by atoms with van der Waals surface area (Å²) >= 11 is 0. The summed E-state index contributed by atoms with van der Waals surface area (Å²) in [5, 5.41) is 0. The van der Waals surface area contributed by atoms with Crippen LogP contribution in [0.15, 0.2) is 39.2 Å². The summed E-state index contributed by atoms with van der Waals surface area (Å²) < 4.78 is 10.5. The predicted molar refractivity (Wildman–Crippen MR) is 105 cm³/mol. The number of ether oxygens (including phenoxy) is 2. The maximum atomic E-state index is 12.1. The molecule has 1 aliphatic heterocycles. The number of hydrogen-bond acceptors (Lipinski definition) is 7. The van der Waals surface area contributed by atoms with Crippen molar-refractivity contribution < 1.29 is 19.1 Å². The lowest BCUT2D eigenvalue weighted by atomic mass is 10.2. The highest BCUT2D eigenvalue weighted by Gasteiger charge is 2.20. The third-order valence-electron chi connectivity index (χ3n) is 3.74. The van der Waals surface area contributed by atoms with Crippen molar-refractivity contribution in [1.82, 2.24) is 0 Å². The second-order valence-corrected chi connectivity index (χ2v) is 5.72. The van der Waals surface area contributed by atoms with E-state index in [2.05, 4.69) is 15.0 Å². The number of hydrogen-bond donors (Lipinski definition) is 0. The Morgan fingerprint density at radius 2 is 2.04 bits per heavy atom. The lowest BCUT2D eigenvalue weighted by Crippen LogP contribution is -2.41. The van der Waals surface area contributed by atoms with Gasteiger partial charge in [-0.1, -0.05) is 0 Å². The molecule has 1 heterocycles. The van der Waals surface area contributed by atoms with Gasteiger partial charge in [0.15, 0.2) is 0 Å². The Balaban J connectivity index is 2.15. The van der Waals surface area contributed by atoms with E-state index < -0.39 is 12.0 Å². The van der Waals surface area contributed by atoms with Crippen molar-refractivity contribution in [1.29, 1.82) is 0 Å². The molecule has 1 fully saturated rings. The van der Waals surface area contributed by atoms with E-state index in [4.69, 9.17) is 9.47 Å². The summed E-state index contributed by atoms with van der Waals surface area (Å²) in [5.41, 5.74) is 1.37. The molecule has 1 unspecified atom stereocenters. The Bertz CT molecular complexity index is 741. The molecule has 1 aromatic rings. The van der Waals surface area contributed by atoms with E-state index in [0.29, 0.717) is 18.8 Å². The zero-order valence-corrected chi connectivity index (χ0v) is 15.8. The van der Waals surface area contributed by atoms with Crippen molar-refractivity contribution in [3.63, 3.8) is 0 Å². The van der Waals surface area contributed by atoms with Crippen molar-refractivity contribution in [2.45, 2.75) is 26.8 Å². The smallest absolute Gasteiger partial charge is 0.337 e. The first-order valence-electron chi connectivity index (χ1n) is 8.74. The third-order valence-corrected chi connectivity index (χ3v) is 3.74. The molecule has 2 rings (SSSR count). The number of nitrogens with zero attached hydrogens (tertiary/aromatic N) is 4. The molecule has 8 heteroatoms. The van der Waals surface area contributed by atoms with E-state index in [1.54, 1.807) is 62.4 Å². The van der Waals surface area contributed by atoms with Crippen LogP contribution < -0.4 is 4.90 Å². The van der Waals surface area contributed by atoms with Crippen LogP contribution in [0.3, 0.4) is 0 Å². The molecular formula is C19H24N4O4. The van der Waals surface area contributed by atoms with Crippen LogP contribution in [0.2, 0.25) is 0 Å². The highest BCUT2D eigenvalue weighted by atomic mass is 16.5. The Kier molecular flexibility index (Phi) is 7.81. The van der Waals surface area contributed by atoms with Gasteiger partial charge >= 0.3 is 5.97 Å². The summed E-state index contributed by atoms with van der Waals surface area (Å²) in [7, 11) is 0. The number of morpholine rings is 1. The van der Waals surface area contributed by atoms with Gasteiger partial charge in [-0.3, -0.25) is 14.8 Å². The lowest BCUT2D eigenvalue weighted by Gasteiger charge is -2.26. The van der Waals surface area contributed by atoms with Crippen LogP contribution in [0.5, 0.6) is 0 Å². The summed E-state index contributed by atoms with van der Waals surface area (Å²) in [6.07, 6.45) is 3.17.